The standard InChI is InChI=1S/C8H2Cl3FN2/c9-3-4(10)7-8(5(11)6(3)12)14-2-1-13-7/h1-2H. The molecule has 0 radical (unpaired) electrons. The molecule has 1 aromatic heterocycles. The molecule has 0 aliphatic carbocycles. The molecule has 2 nitrogen and oxygen atoms in total. The van der Waals surface area contributed by atoms with Crippen LogP contribution in [0.25, 0.3) is 11.0 Å². The van der Waals surface area contributed by atoms with Crippen LogP contribution in [-0.2, 0) is 0 Å². The quantitative estimate of drug-likeness (QED) is 0.527. The van der Waals surface area contributed by atoms with Crippen LogP contribution in [0.4, 0.5) is 4.39 Å². The SMILES string of the molecule is Fc1c(Cl)c(Cl)c2nccnc2c1Cl. The molecule has 0 amide bonds. The molecule has 0 fully saturated rings. The molecule has 1 aromatic carbocycles. The van der Waals surface area contributed by atoms with Crippen molar-refractivity contribution in [2.45, 2.75) is 0 Å². The van der Waals surface area contributed by atoms with Gasteiger partial charge in [0, 0.05) is 12.4 Å². The lowest BCUT2D eigenvalue weighted by atomic mass is 10.3. The monoisotopic (exact) mass is 250 g/mol. The van der Waals surface area contributed by atoms with Crippen LogP contribution in [0.5, 0.6) is 0 Å². The van der Waals surface area contributed by atoms with Gasteiger partial charge in [-0.05, 0) is 0 Å². The van der Waals surface area contributed by atoms with Crippen LogP contribution in [0.2, 0.25) is 15.1 Å². The lowest BCUT2D eigenvalue weighted by molar-refractivity contribution is 0.630. The van der Waals surface area contributed by atoms with E-state index < -0.39 is 5.82 Å². The predicted molar refractivity (Wildman–Crippen MR) is 54.5 cm³/mol. The van der Waals surface area contributed by atoms with Gasteiger partial charge in [-0.15, -0.1) is 0 Å². The van der Waals surface area contributed by atoms with E-state index in [0.29, 0.717) is 5.52 Å². The van der Waals surface area contributed by atoms with E-state index in [4.69, 9.17) is 34.8 Å². The molecule has 0 saturated carbocycles. The smallest absolute Gasteiger partial charge is 0.164 e. The van der Waals surface area contributed by atoms with E-state index >= 15 is 0 Å². The Morgan fingerprint density at radius 3 is 1.93 bits per heavy atom. The zero-order chi connectivity index (χ0) is 10.3. The Bertz CT molecular complexity index is 469. The fourth-order valence-corrected chi connectivity index (χ4v) is 1.75. The van der Waals surface area contributed by atoms with Crippen LogP contribution in [0.15, 0.2) is 12.4 Å². The van der Waals surface area contributed by atoms with Crippen molar-refractivity contribution in [2.24, 2.45) is 0 Å². The van der Waals surface area contributed by atoms with E-state index in [1.54, 1.807) is 0 Å². The summed E-state index contributed by atoms with van der Waals surface area (Å²) in [4.78, 5) is 7.78. The Morgan fingerprint density at radius 1 is 0.857 bits per heavy atom. The summed E-state index contributed by atoms with van der Waals surface area (Å²) < 4.78 is 13.3. The predicted octanol–water partition coefficient (Wildman–Crippen LogP) is 3.73. The number of benzene rings is 1. The maximum Gasteiger partial charge on any atom is 0.164 e. The van der Waals surface area contributed by atoms with Gasteiger partial charge in [0.1, 0.15) is 16.1 Å². The molecular formula is C8H2Cl3FN2. The normalized spacial score (nSPS) is 10.9. The van der Waals surface area contributed by atoms with Gasteiger partial charge in [-0.3, -0.25) is 9.97 Å². The van der Waals surface area contributed by atoms with Gasteiger partial charge in [0.25, 0.3) is 0 Å². The second kappa shape index (κ2) is 3.50. The topological polar surface area (TPSA) is 25.8 Å². The summed E-state index contributed by atoms with van der Waals surface area (Å²) in [6.07, 6.45) is 2.83. The van der Waals surface area contributed by atoms with E-state index in [2.05, 4.69) is 9.97 Å². The third-order valence-corrected chi connectivity index (χ3v) is 2.86. The van der Waals surface area contributed by atoms with E-state index in [0.717, 1.165) is 0 Å². The molecule has 0 bridgehead atoms. The molecule has 2 aromatic rings. The van der Waals surface area contributed by atoms with Crippen molar-refractivity contribution in [3.63, 3.8) is 0 Å². The van der Waals surface area contributed by atoms with Crippen molar-refractivity contribution in [1.29, 1.82) is 0 Å². The van der Waals surface area contributed by atoms with E-state index in [-0.39, 0.29) is 20.6 Å². The maximum absolute atomic E-state index is 13.3. The summed E-state index contributed by atoms with van der Waals surface area (Å²) in [5, 5.41) is -0.371. The highest BCUT2D eigenvalue weighted by Crippen LogP contribution is 2.36. The highest BCUT2D eigenvalue weighted by atomic mass is 35.5. The second-order valence-corrected chi connectivity index (χ2v) is 3.64. The lowest BCUT2D eigenvalue weighted by Gasteiger charge is -2.04. The largest absolute Gasteiger partial charge is 0.251 e. The highest BCUT2D eigenvalue weighted by Gasteiger charge is 2.17. The van der Waals surface area contributed by atoms with Crippen LogP contribution in [0.1, 0.15) is 0 Å². The fourth-order valence-electron chi connectivity index (χ4n) is 1.06. The Balaban J connectivity index is 3.02. The van der Waals surface area contributed by atoms with Crippen molar-refractivity contribution in [2.75, 3.05) is 0 Å². The number of fused-ring (bicyclic) bond motifs is 1. The molecule has 1 heterocycles. The number of hydrogen-bond acceptors (Lipinski definition) is 2. The van der Waals surface area contributed by atoms with Gasteiger partial charge < -0.3 is 0 Å². The number of rotatable bonds is 0. The minimum Gasteiger partial charge on any atom is -0.251 e. The first-order valence-corrected chi connectivity index (χ1v) is 4.69. The van der Waals surface area contributed by atoms with E-state index in [1.165, 1.54) is 12.4 Å². The van der Waals surface area contributed by atoms with Gasteiger partial charge in [0.2, 0.25) is 0 Å². The molecule has 0 unspecified atom stereocenters. The highest BCUT2D eigenvalue weighted by molar-refractivity contribution is 6.47. The summed E-state index contributed by atoms with van der Waals surface area (Å²) in [6.45, 7) is 0. The number of nitrogens with zero attached hydrogens (tertiary/aromatic N) is 2. The summed E-state index contributed by atoms with van der Waals surface area (Å²) in [7, 11) is 0. The summed E-state index contributed by atoms with van der Waals surface area (Å²) in [6, 6.07) is 0. The zero-order valence-electron chi connectivity index (χ0n) is 6.56. The first kappa shape index (κ1) is 9.90. The Labute approximate surface area is 93.6 Å². The molecule has 14 heavy (non-hydrogen) atoms. The van der Waals surface area contributed by atoms with Gasteiger partial charge in [-0.1, -0.05) is 34.8 Å². The average Bonchev–Trinajstić information content (AvgIpc) is 2.23. The second-order valence-electron chi connectivity index (χ2n) is 2.51. The molecule has 6 heteroatoms. The van der Waals surface area contributed by atoms with E-state index in [1.807, 2.05) is 0 Å². The Kier molecular flexibility index (Phi) is 2.47. The van der Waals surface area contributed by atoms with E-state index in [9.17, 15) is 4.39 Å². The van der Waals surface area contributed by atoms with Crippen LogP contribution in [-0.4, -0.2) is 9.97 Å². The van der Waals surface area contributed by atoms with Crippen LogP contribution in [0, 0.1) is 5.82 Å². The molecule has 72 valence electrons. The van der Waals surface area contributed by atoms with Crippen LogP contribution >= 0.6 is 34.8 Å². The molecule has 0 aliphatic heterocycles. The molecule has 0 spiro atoms. The minimum absolute atomic E-state index is 0.0247. The summed E-state index contributed by atoms with van der Waals surface area (Å²) >= 11 is 17.1. The zero-order valence-corrected chi connectivity index (χ0v) is 8.83. The van der Waals surface area contributed by atoms with Crippen molar-refractivity contribution < 1.29 is 4.39 Å². The first-order valence-electron chi connectivity index (χ1n) is 3.55. The van der Waals surface area contributed by atoms with Crippen LogP contribution < -0.4 is 0 Å². The van der Waals surface area contributed by atoms with Gasteiger partial charge >= 0.3 is 0 Å². The Morgan fingerprint density at radius 2 is 1.36 bits per heavy atom. The lowest BCUT2D eigenvalue weighted by Crippen LogP contribution is -1.90. The molecule has 0 aliphatic rings. The molecule has 0 saturated heterocycles. The van der Waals surface area contributed by atoms with Gasteiger partial charge in [-0.2, -0.15) is 0 Å². The number of hydrogen-bond donors (Lipinski definition) is 0. The molecular weight excluding hydrogens is 249 g/mol. The third-order valence-electron chi connectivity index (χ3n) is 1.69. The maximum atomic E-state index is 13.3. The fraction of sp³-hybridized carbons (Fsp3) is 0. The first-order chi connectivity index (χ1) is 6.63. The average molecular weight is 251 g/mol. The summed E-state index contributed by atoms with van der Waals surface area (Å²) in [5.74, 6) is -0.772. The molecule has 0 N–H and O–H groups in total. The Hall–Kier alpha value is -0.640. The molecule has 2 rings (SSSR count). The third kappa shape index (κ3) is 1.32. The van der Waals surface area contributed by atoms with Gasteiger partial charge in [0.05, 0.1) is 10.0 Å². The van der Waals surface area contributed by atoms with Crippen molar-refractivity contribution in [1.82, 2.24) is 9.97 Å². The van der Waals surface area contributed by atoms with Crippen LogP contribution in [0.3, 0.4) is 0 Å². The van der Waals surface area contributed by atoms with Gasteiger partial charge in [-0.25, -0.2) is 4.39 Å². The summed E-state index contributed by atoms with van der Waals surface area (Å²) in [5.41, 5.74) is 0.506. The van der Waals surface area contributed by atoms with Gasteiger partial charge in [0.15, 0.2) is 5.82 Å². The minimum atomic E-state index is -0.772. The van der Waals surface area contributed by atoms with Crippen molar-refractivity contribution in [3.8, 4) is 0 Å². The number of halogens is 4. The van der Waals surface area contributed by atoms with Crippen molar-refractivity contribution in [3.05, 3.63) is 33.3 Å². The number of aromatic nitrogens is 2. The van der Waals surface area contributed by atoms with Crippen molar-refractivity contribution >= 4 is 45.8 Å². The molecule has 0 atom stereocenters.